The molecule has 7 nitrogen and oxygen atoms in total. The van der Waals surface area contributed by atoms with Gasteiger partial charge in [0, 0.05) is 26.0 Å². The number of hydrogen-bond acceptors (Lipinski definition) is 4. The summed E-state index contributed by atoms with van der Waals surface area (Å²) in [5, 5.41) is 12.6. The monoisotopic (exact) mass is 277 g/mol. The predicted octanol–water partition coefficient (Wildman–Crippen LogP) is 1.07. The van der Waals surface area contributed by atoms with Crippen molar-refractivity contribution in [3.63, 3.8) is 0 Å². The quantitative estimate of drug-likeness (QED) is 0.853. The fourth-order valence-corrected chi connectivity index (χ4v) is 1.68. The van der Waals surface area contributed by atoms with Crippen LogP contribution in [0.3, 0.4) is 0 Å². The molecule has 7 heteroatoms. The summed E-state index contributed by atoms with van der Waals surface area (Å²) in [4.78, 5) is 23.8. The highest BCUT2D eigenvalue weighted by molar-refractivity contribution is 5.91. The molecular weight excluding hydrogens is 262 g/mol. The molecule has 0 aliphatic carbocycles. The number of hydrogen-bond donors (Lipinski definition) is 1. The van der Waals surface area contributed by atoms with E-state index in [2.05, 4.69) is 5.10 Å². The number of carbonyl (C=O) groups is 2. The molecular formula is C13H15N3O4. The third kappa shape index (κ3) is 3.47. The number of aromatic nitrogens is 2. The Hall–Kier alpha value is -2.57. The molecule has 0 saturated carbocycles. The van der Waals surface area contributed by atoms with Crippen LogP contribution in [0.4, 0.5) is 0 Å². The molecule has 0 unspecified atom stereocenters. The lowest BCUT2D eigenvalue weighted by Gasteiger charge is -2.13. The summed E-state index contributed by atoms with van der Waals surface area (Å²) in [6, 6.07) is 5.09. The number of carboxylic acids is 1. The number of rotatable bonds is 6. The van der Waals surface area contributed by atoms with Crippen molar-refractivity contribution in [3.8, 4) is 0 Å². The summed E-state index contributed by atoms with van der Waals surface area (Å²) >= 11 is 0. The van der Waals surface area contributed by atoms with Crippen LogP contribution in [0.15, 0.2) is 35.0 Å². The van der Waals surface area contributed by atoms with E-state index in [1.165, 1.54) is 4.90 Å². The molecule has 2 aromatic rings. The maximum absolute atomic E-state index is 12.0. The summed E-state index contributed by atoms with van der Waals surface area (Å²) in [6.07, 6.45) is 3.36. The van der Waals surface area contributed by atoms with E-state index < -0.39 is 5.97 Å². The van der Waals surface area contributed by atoms with Gasteiger partial charge in [-0.25, -0.2) is 0 Å². The molecule has 0 spiro atoms. The minimum absolute atomic E-state index is 0.0942. The van der Waals surface area contributed by atoms with Crippen LogP contribution < -0.4 is 0 Å². The van der Waals surface area contributed by atoms with Gasteiger partial charge in [-0.2, -0.15) is 5.10 Å². The molecule has 0 atom stereocenters. The molecule has 1 amide bonds. The lowest BCUT2D eigenvalue weighted by molar-refractivity contribution is -0.137. The van der Waals surface area contributed by atoms with E-state index in [0.717, 1.165) is 0 Å². The highest BCUT2D eigenvalue weighted by Crippen LogP contribution is 2.11. The molecule has 0 aromatic carbocycles. The Balaban J connectivity index is 1.97. The Morgan fingerprint density at radius 2 is 2.25 bits per heavy atom. The Kier molecular flexibility index (Phi) is 4.19. The van der Waals surface area contributed by atoms with Crippen LogP contribution in [-0.4, -0.2) is 45.3 Å². The highest BCUT2D eigenvalue weighted by Gasteiger charge is 2.16. The number of amides is 1. The van der Waals surface area contributed by atoms with Crippen molar-refractivity contribution in [2.75, 3.05) is 13.6 Å². The van der Waals surface area contributed by atoms with Gasteiger partial charge in [-0.1, -0.05) is 0 Å². The molecule has 1 N–H and O–H groups in total. The van der Waals surface area contributed by atoms with Gasteiger partial charge in [0.15, 0.2) is 5.76 Å². The van der Waals surface area contributed by atoms with Gasteiger partial charge in [0.05, 0.1) is 13.0 Å². The first-order valence-corrected chi connectivity index (χ1v) is 6.09. The smallest absolute Gasteiger partial charge is 0.305 e. The average molecular weight is 277 g/mol. The second kappa shape index (κ2) is 6.05. The fraction of sp³-hybridized carbons (Fsp3) is 0.308. The molecule has 0 aliphatic rings. The number of furan rings is 1. The number of carbonyl (C=O) groups excluding carboxylic acids is 1. The zero-order valence-electron chi connectivity index (χ0n) is 11.0. The van der Waals surface area contributed by atoms with E-state index in [1.54, 1.807) is 42.3 Å². The molecule has 0 fully saturated rings. The van der Waals surface area contributed by atoms with Gasteiger partial charge in [0.1, 0.15) is 5.76 Å². The normalized spacial score (nSPS) is 10.4. The Bertz CT molecular complexity index is 589. The molecule has 106 valence electrons. The van der Waals surface area contributed by atoms with Gasteiger partial charge in [0.2, 0.25) is 0 Å². The molecule has 0 saturated heterocycles. The summed E-state index contributed by atoms with van der Waals surface area (Å²) in [6.45, 7) is 0.586. The van der Waals surface area contributed by atoms with Gasteiger partial charge in [-0.3, -0.25) is 14.3 Å². The van der Waals surface area contributed by atoms with Gasteiger partial charge in [-0.15, -0.1) is 0 Å². The summed E-state index contributed by atoms with van der Waals surface area (Å²) in [7, 11) is 1.54. The van der Waals surface area contributed by atoms with Crippen molar-refractivity contribution in [3.05, 3.63) is 42.1 Å². The third-order valence-corrected chi connectivity index (χ3v) is 2.76. The average Bonchev–Trinajstić information content (AvgIpc) is 3.07. The maximum Gasteiger partial charge on any atom is 0.305 e. The Morgan fingerprint density at radius 3 is 2.90 bits per heavy atom. The molecule has 2 rings (SSSR count). The molecule has 2 aromatic heterocycles. The topological polar surface area (TPSA) is 88.6 Å². The van der Waals surface area contributed by atoms with Gasteiger partial charge >= 0.3 is 5.97 Å². The zero-order valence-corrected chi connectivity index (χ0v) is 11.0. The lowest BCUT2D eigenvalue weighted by atomic mass is 10.3. The maximum atomic E-state index is 12.0. The van der Waals surface area contributed by atoms with Crippen molar-refractivity contribution in [1.82, 2.24) is 14.7 Å². The van der Waals surface area contributed by atoms with Crippen molar-refractivity contribution in [2.24, 2.45) is 0 Å². The first-order valence-electron chi connectivity index (χ1n) is 6.09. The number of nitrogens with zero attached hydrogens (tertiary/aromatic N) is 3. The fourth-order valence-electron chi connectivity index (χ4n) is 1.68. The van der Waals surface area contributed by atoms with Crippen LogP contribution in [0, 0.1) is 0 Å². The van der Waals surface area contributed by atoms with E-state index in [-0.39, 0.29) is 24.6 Å². The largest absolute Gasteiger partial charge is 0.481 e. The first-order chi connectivity index (χ1) is 9.56. The zero-order chi connectivity index (χ0) is 14.5. The highest BCUT2D eigenvalue weighted by atomic mass is 16.4. The van der Waals surface area contributed by atoms with Crippen LogP contribution in [0.5, 0.6) is 0 Å². The van der Waals surface area contributed by atoms with Crippen LogP contribution in [0.25, 0.3) is 0 Å². The Labute approximate surface area is 115 Å². The van der Waals surface area contributed by atoms with Crippen molar-refractivity contribution >= 4 is 11.9 Å². The molecule has 20 heavy (non-hydrogen) atoms. The lowest BCUT2D eigenvalue weighted by Crippen LogP contribution is -2.28. The number of carboxylic acid groups (broad SMARTS) is 1. The summed E-state index contributed by atoms with van der Waals surface area (Å²) < 4.78 is 7.13. The van der Waals surface area contributed by atoms with Crippen LogP contribution in [0.1, 0.15) is 22.7 Å². The molecule has 0 radical (unpaired) electrons. The number of aliphatic carboxylic acids is 1. The van der Waals surface area contributed by atoms with Gasteiger partial charge < -0.3 is 14.4 Å². The predicted molar refractivity (Wildman–Crippen MR) is 69.3 cm³/mol. The second-order valence-electron chi connectivity index (χ2n) is 4.34. The minimum atomic E-state index is -0.941. The molecule has 0 aliphatic heterocycles. The minimum Gasteiger partial charge on any atom is -0.481 e. The van der Waals surface area contributed by atoms with E-state index >= 15 is 0 Å². The first kappa shape index (κ1) is 13.9. The second-order valence-corrected chi connectivity index (χ2v) is 4.34. The summed E-state index contributed by atoms with van der Waals surface area (Å²) in [5.74, 6) is -0.467. The van der Waals surface area contributed by atoms with E-state index in [9.17, 15) is 9.59 Å². The van der Waals surface area contributed by atoms with Gasteiger partial charge in [0.25, 0.3) is 5.91 Å². The van der Waals surface area contributed by atoms with Crippen molar-refractivity contribution in [1.29, 1.82) is 0 Å². The van der Waals surface area contributed by atoms with E-state index in [1.807, 2.05) is 0 Å². The van der Waals surface area contributed by atoms with E-state index in [0.29, 0.717) is 12.3 Å². The third-order valence-electron chi connectivity index (χ3n) is 2.76. The van der Waals surface area contributed by atoms with Crippen LogP contribution >= 0.6 is 0 Å². The van der Waals surface area contributed by atoms with Crippen LogP contribution in [-0.2, 0) is 11.3 Å². The van der Waals surface area contributed by atoms with Crippen LogP contribution in [0.2, 0.25) is 0 Å². The standard InChI is InChI=1S/C13H15N3O4/c1-15(8-5-12(17)18)13(19)11-4-3-10(20-11)9-16-7-2-6-14-16/h2-4,6-7H,5,8-9H2,1H3,(H,17,18). The molecule has 2 heterocycles. The van der Waals surface area contributed by atoms with Gasteiger partial charge in [-0.05, 0) is 18.2 Å². The summed E-state index contributed by atoms with van der Waals surface area (Å²) in [5.41, 5.74) is 0. The van der Waals surface area contributed by atoms with E-state index in [4.69, 9.17) is 9.52 Å². The SMILES string of the molecule is CN(CCC(=O)O)C(=O)c1ccc(Cn2cccn2)o1. The molecule has 0 bridgehead atoms. The van der Waals surface area contributed by atoms with Crippen molar-refractivity contribution < 1.29 is 19.1 Å². The van der Waals surface area contributed by atoms with Crippen molar-refractivity contribution in [2.45, 2.75) is 13.0 Å². The Morgan fingerprint density at radius 1 is 1.45 bits per heavy atom.